The van der Waals surface area contributed by atoms with Crippen LogP contribution in [0.1, 0.15) is 25.8 Å². The Bertz CT molecular complexity index is 763. The van der Waals surface area contributed by atoms with Crippen molar-refractivity contribution in [3.05, 3.63) is 54.4 Å². The van der Waals surface area contributed by atoms with Gasteiger partial charge < -0.3 is 15.5 Å². The van der Waals surface area contributed by atoms with Gasteiger partial charge in [0.25, 0.3) is 0 Å². The highest BCUT2D eigenvalue weighted by Crippen LogP contribution is 2.27. The summed E-state index contributed by atoms with van der Waals surface area (Å²) in [6.45, 7) is 4.38. The zero-order chi connectivity index (χ0) is 17.8. The first-order valence-corrected chi connectivity index (χ1v) is 8.46. The second-order valence-corrected chi connectivity index (χ2v) is 6.28. The SMILES string of the molecule is CC[C@H](C)[C@H]1C(=O)Nc2ccccc2CN1C(=O)Nc1cccnc1. The quantitative estimate of drug-likeness (QED) is 0.900. The van der Waals surface area contributed by atoms with Crippen LogP contribution in [0.25, 0.3) is 0 Å². The number of nitrogens with zero attached hydrogens (tertiary/aromatic N) is 2. The third-order valence-corrected chi connectivity index (χ3v) is 4.58. The number of hydrogen-bond donors (Lipinski definition) is 2. The zero-order valence-electron chi connectivity index (χ0n) is 14.4. The van der Waals surface area contributed by atoms with Crippen molar-refractivity contribution in [2.45, 2.75) is 32.9 Å². The molecule has 0 aliphatic carbocycles. The molecule has 2 atom stereocenters. The molecule has 6 nitrogen and oxygen atoms in total. The molecule has 0 saturated heterocycles. The normalized spacial score (nSPS) is 17.9. The van der Waals surface area contributed by atoms with Crippen LogP contribution in [-0.2, 0) is 11.3 Å². The first-order chi connectivity index (χ1) is 12.1. The number of carbonyl (C=O) groups is 2. The van der Waals surface area contributed by atoms with Crippen LogP contribution in [-0.4, -0.2) is 27.9 Å². The molecule has 130 valence electrons. The van der Waals surface area contributed by atoms with Crippen molar-refractivity contribution in [1.82, 2.24) is 9.88 Å². The Morgan fingerprint density at radius 2 is 2.16 bits per heavy atom. The molecule has 0 unspecified atom stereocenters. The number of fused-ring (bicyclic) bond motifs is 1. The van der Waals surface area contributed by atoms with Gasteiger partial charge in [-0.3, -0.25) is 9.78 Å². The molecule has 3 rings (SSSR count). The minimum atomic E-state index is -0.533. The van der Waals surface area contributed by atoms with E-state index in [0.29, 0.717) is 12.2 Å². The number of rotatable bonds is 3. The fourth-order valence-electron chi connectivity index (χ4n) is 3.03. The first-order valence-electron chi connectivity index (χ1n) is 8.46. The van der Waals surface area contributed by atoms with Crippen molar-refractivity contribution >= 4 is 23.3 Å². The molecule has 1 aromatic heterocycles. The number of aromatic nitrogens is 1. The van der Waals surface area contributed by atoms with Gasteiger partial charge >= 0.3 is 6.03 Å². The van der Waals surface area contributed by atoms with Crippen LogP contribution >= 0.6 is 0 Å². The number of urea groups is 1. The van der Waals surface area contributed by atoms with Crippen molar-refractivity contribution in [2.75, 3.05) is 10.6 Å². The van der Waals surface area contributed by atoms with E-state index >= 15 is 0 Å². The third kappa shape index (κ3) is 3.63. The van der Waals surface area contributed by atoms with Gasteiger partial charge in [-0.25, -0.2) is 4.79 Å². The van der Waals surface area contributed by atoms with E-state index in [1.807, 2.05) is 38.1 Å². The molecule has 0 radical (unpaired) electrons. The number of benzene rings is 1. The third-order valence-electron chi connectivity index (χ3n) is 4.58. The summed E-state index contributed by atoms with van der Waals surface area (Å²) < 4.78 is 0. The average molecular weight is 338 g/mol. The molecule has 2 aromatic rings. The van der Waals surface area contributed by atoms with Crippen LogP contribution < -0.4 is 10.6 Å². The Morgan fingerprint density at radius 3 is 2.88 bits per heavy atom. The van der Waals surface area contributed by atoms with Crippen LogP contribution in [0.5, 0.6) is 0 Å². The molecule has 0 bridgehead atoms. The first kappa shape index (κ1) is 17.0. The number of nitrogens with one attached hydrogen (secondary N) is 2. The summed E-state index contributed by atoms with van der Waals surface area (Å²) >= 11 is 0. The van der Waals surface area contributed by atoms with Crippen molar-refractivity contribution in [3.63, 3.8) is 0 Å². The van der Waals surface area contributed by atoms with Gasteiger partial charge in [0.15, 0.2) is 0 Å². The van der Waals surface area contributed by atoms with Gasteiger partial charge in [-0.1, -0.05) is 38.5 Å². The fraction of sp³-hybridized carbons (Fsp3) is 0.316. The molecule has 3 amide bonds. The second-order valence-electron chi connectivity index (χ2n) is 6.28. The Hall–Kier alpha value is -2.89. The van der Waals surface area contributed by atoms with Gasteiger partial charge in [-0.05, 0) is 29.7 Å². The summed E-state index contributed by atoms with van der Waals surface area (Å²) in [5.74, 6) is -0.116. The lowest BCUT2D eigenvalue weighted by Crippen LogP contribution is -2.50. The maximum Gasteiger partial charge on any atom is 0.322 e. The summed E-state index contributed by atoms with van der Waals surface area (Å²) in [4.78, 5) is 31.3. The lowest BCUT2D eigenvalue weighted by atomic mass is 9.97. The standard InChI is InChI=1S/C19H22N4O2/c1-3-13(2)17-18(24)22-16-9-5-4-7-14(16)12-23(17)19(25)21-15-8-6-10-20-11-15/h4-11,13,17H,3,12H2,1-2H3,(H,21,25)(H,22,24)/t13-,17-/m0/s1. The molecule has 1 aliphatic heterocycles. The van der Waals surface area contributed by atoms with E-state index in [-0.39, 0.29) is 17.9 Å². The topological polar surface area (TPSA) is 74.3 Å². The van der Waals surface area contributed by atoms with Crippen molar-refractivity contribution in [3.8, 4) is 0 Å². The van der Waals surface area contributed by atoms with Crippen molar-refractivity contribution in [2.24, 2.45) is 5.92 Å². The molecular formula is C19H22N4O2. The summed E-state index contributed by atoms with van der Waals surface area (Å²) in [6, 6.07) is 10.3. The molecular weight excluding hydrogens is 316 g/mol. The Kier molecular flexibility index (Phi) is 4.97. The monoisotopic (exact) mass is 338 g/mol. The molecule has 25 heavy (non-hydrogen) atoms. The van der Waals surface area contributed by atoms with Gasteiger partial charge in [-0.15, -0.1) is 0 Å². The summed E-state index contributed by atoms with van der Waals surface area (Å²) in [5.41, 5.74) is 2.29. The van der Waals surface area contributed by atoms with Crippen LogP contribution in [0.4, 0.5) is 16.2 Å². The van der Waals surface area contributed by atoms with E-state index in [1.165, 1.54) is 0 Å². The minimum Gasteiger partial charge on any atom is -0.324 e. The largest absolute Gasteiger partial charge is 0.324 e. The maximum atomic E-state index is 12.9. The van der Waals surface area contributed by atoms with E-state index in [9.17, 15) is 9.59 Å². The van der Waals surface area contributed by atoms with Crippen molar-refractivity contribution in [1.29, 1.82) is 0 Å². The van der Waals surface area contributed by atoms with E-state index in [1.54, 1.807) is 29.4 Å². The van der Waals surface area contributed by atoms with E-state index in [0.717, 1.165) is 17.7 Å². The van der Waals surface area contributed by atoms with E-state index in [2.05, 4.69) is 15.6 Å². The Morgan fingerprint density at radius 1 is 1.36 bits per heavy atom. The molecule has 0 spiro atoms. The van der Waals surface area contributed by atoms with E-state index < -0.39 is 6.04 Å². The smallest absolute Gasteiger partial charge is 0.322 e. The molecule has 2 heterocycles. The summed E-state index contributed by atoms with van der Waals surface area (Å²) in [6.07, 6.45) is 4.03. The average Bonchev–Trinajstić information content (AvgIpc) is 2.77. The number of para-hydroxylation sites is 1. The van der Waals surface area contributed by atoms with Crippen LogP contribution in [0.3, 0.4) is 0 Å². The van der Waals surface area contributed by atoms with Crippen LogP contribution in [0.15, 0.2) is 48.8 Å². The zero-order valence-corrected chi connectivity index (χ0v) is 14.4. The molecule has 1 aliphatic rings. The second kappa shape index (κ2) is 7.34. The molecule has 0 saturated carbocycles. The summed E-state index contributed by atoms with van der Waals surface area (Å²) in [7, 11) is 0. The van der Waals surface area contributed by atoms with Gasteiger partial charge in [-0.2, -0.15) is 0 Å². The predicted molar refractivity (Wildman–Crippen MR) is 97.1 cm³/mol. The molecule has 0 fully saturated rings. The lowest BCUT2D eigenvalue weighted by Gasteiger charge is -2.32. The lowest BCUT2D eigenvalue weighted by molar-refractivity contribution is -0.121. The Balaban J connectivity index is 1.93. The number of hydrogen-bond acceptors (Lipinski definition) is 3. The molecule has 6 heteroatoms. The number of anilines is 2. The van der Waals surface area contributed by atoms with E-state index in [4.69, 9.17) is 0 Å². The van der Waals surface area contributed by atoms with Gasteiger partial charge in [0.05, 0.1) is 18.4 Å². The predicted octanol–water partition coefficient (Wildman–Crippen LogP) is 3.48. The number of amides is 3. The van der Waals surface area contributed by atoms with Gasteiger partial charge in [0, 0.05) is 11.9 Å². The fourth-order valence-corrected chi connectivity index (χ4v) is 3.03. The highest BCUT2D eigenvalue weighted by Gasteiger charge is 2.36. The number of pyridine rings is 1. The minimum absolute atomic E-state index is 0.0361. The van der Waals surface area contributed by atoms with Crippen molar-refractivity contribution < 1.29 is 9.59 Å². The highest BCUT2D eigenvalue weighted by atomic mass is 16.2. The van der Waals surface area contributed by atoms with Gasteiger partial charge in [0.2, 0.25) is 5.91 Å². The Labute approximate surface area is 147 Å². The summed E-state index contributed by atoms with van der Waals surface area (Å²) in [5, 5.41) is 5.81. The van der Waals surface area contributed by atoms with Crippen LogP contribution in [0, 0.1) is 5.92 Å². The molecule has 1 aromatic carbocycles. The van der Waals surface area contributed by atoms with Crippen LogP contribution in [0.2, 0.25) is 0 Å². The molecule has 2 N–H and O–H groups in total. The highest BCUT2D eigenvalue weighted by molar-refractivity contribution is 6.00. The maximum absolute atomic E-state index is 12.9. The van der Waals surface area contributed by atoms with Gasteiger partial charge in [0.1, 0.15) is 6.04 Å². The number of carbonyl (C=O) groups excluding carboxylic acids is 2.